The highest BCUT2D eigenvalue weighted by atomic mass is 79.9. The number of halogens is 2. The topological polar surface area (TPSA) is 116 Å². The van der Waals surface area contributed by atoms with Crippen LogP contribution in [0.15, 0.2) is 16.6 Å². The van der Waals surface area contributed by atoms with Gasteiger partial charge >= 0.3 is 11.7 Å². The Morgan fingerprint density at radius 3 is 2.61 bits per heavy atom. The van der Waals surface area contributed by atoms with Gasteiger partial charge in [0, 0.05) is 16.1 Å². The fraction of sp³-hybridized carbons (Fsp3) is 0.222. The summed E-state index contributed by atoms with van der Waals surface area (Å²) >= 11 is 3.03. The first kappa shape index (κ1) is 16.6. The predicted octanol–water partition coefficient (Wildman–Crippen LogP) is 1.66. The Hall–Kier alpha value is -1.38. The van der Waals surface area contributed by atoms with Crippen molar-refractivity contribution in [3.63, 3.8) is 0 Å². The molecule has 0 aromatic heterocycles. The lowest BCUT2D eigenvalue weighted by Crippen LogP contribution is -2.22. The molecule has 0 unspecified atom stereocenters. The molecule has 0 aliphatic carbocycles. The number of phenolic OH excluding ortho intramolecular Hbond substituents is 1. The second kappa shape index (κ2) is 6.53. The minimum atomic E-state index is -1.28. The summed E-state index contributed by atoms with van der Waals surface area (Å²) in [5.41, 5.74) is 4.90. The molecule has 0 heterocycles. The van der Waals surface area contributed by atoms with Gasteiger partial charge in [-0.05, 0) is 6.07 Å². The van der Waals surface area contributed by atoms with Crippen molar-refractivity contribution in [1.82, 2.24) is 0 Å². The first-order chi connectivity index (χ1) is 7.88. The Balaban J connectivity index is 0.00000289. The average molecular weight is 342 g/mol. The van der Waals surface area contributed by atoms with Crippen LogP contribution < -0.4 is 5.73 Å². The highest BCUT2D eigenvalue weighted by molar-refractivity contribution is 9.10. The Morgan fingerprint density at radius 2 is 2.17 bits per heavy atom. The van der Waals surface area contributed by atoms with Gasteiger partial charge in [-0.1, -0.05) is 15.9 Å². The number of nitro benzene ring substituents is 1. The second-order valence-electron chi connectivity index (χ2n) is 3.12. The number of carbonyl (C=O) groups excluding carboxylic acids is 1. The normalized spacial score (nSPS) is 11.3. The van der Waals surface area contributed by atoms with E-state index in [0.29, 0.717) is 4.47 Å². The summed E-state index contributed by atoms with van der Waals surface area (Å²) in [7, 11) is 1.13. The number of rotatable bonds is 3. The highest BCUT2D eigenvalue weighted by Crippen LogP contribution is 2.36. The number of phenols is 1. The van der Waals surface area contributed by atoms with Gasteiger partial charge in [0.2, 0.25) is 0 Å². The molecule has 1 aromatic rings. The van der Waals surface area contributed by atoms with E-state index in [1.165, 1.54) is 6.07 Å². The third-order valence-electron chi connectivity index (χ3n) is 2.07. The largest absolute Gasteiger partial charge is 0.502 e. The molecule has 0 fully saturated rings. The molecule has 7 nitrogen and oxygen atoms in total. The standard InChI is InChI=1S/C9H9BrN2O5.ClH/c1-17-9(14)7(11)5-2-4(10)3-6(8(5)13)12(15)16;/h2-3,7,13H,11H2,1H3;1H/t7-;/m1./s1. The number of benzene rings is 1. The van der Waals surface area contributed by atoms with Gasteiger partial charge in [-0.15, -0.1) is 12.4 Å². The molecule has 9 heteroatoms. The second-order valence-corrected chi connectivity index (χ2v) is 4.04. The fourth-order valence-electron chi connectivity index (χ4n) is 1.24. The lowest BCUT2D eigenvalue weighted by Gasteiger charge is -2.11. The van der Waals surface area contributed by atoms with Gasteiger partial charge in [0.05, 0.1) is 12.0 Å². The highest BCUT2D eigenvalue weighted by Gasteiger charge is 2.26. The van der Waals surface area contributed by atoms with Crippen molar-refractivity contribution in [3.8, 4) is 5.75 Å². The number of aromatic hydroxyl groups is 1. The van der Waals surface area contributed by atoms with Crippen LogP contribution in [0.5, 0.6) is 5.75 Å². The molecule has 18 heavy (non-hydrogen) atoms. The van der Waals surface area contributed by atoms with Crippen molar-refractivity contribution in [3.05, 3.63) is 32.3 Å². The Labute approximate surface area is 117 Å². The summed E-state index contributed by atoms with van der Waals surface area (Å²) in [5.74, 6) is -1.44. The minimum absolute atomic E-state index is 0. The molecule has 0 aliphatic heterocycles. The molecule has 1 aromatic carbocycles. The van der Waals surface area contributed by atoms with E-state index >= 15 is 0 Å². The molecular formula is C9H10BrClN2O5. The number of hydrogen-bond donors (Lipinski definition) is 2. The SMILES string of the molecule is COC(=O)[C@H](N)c1cc(Br)cc([N+](=O)[O-])c1O.Cl. The number of hydrogen-bond acceptors (Lipinski definition) is 6. The van der Waals surface area contributed by atoms with E-state index < -0.39 is 28.4 Å². The van der Waals surface area contributed by atoms with Crippen LogP contribution in [-0.4, -0.2) is 23.1 Å². The average Bonchev–Trinajstić information content (AvgIpc) is 2.29. The summed E-state index contributed by atoms with van der Waals surface area (Å²) in [6.45, 7) is 0. The van der Waals surface area contributed by atoms with Gasteiger partial charge in [0.15, 0.2) is 5.75 Å². The maximum Gasteiger partial charge on any atom is 0.327 e. The molecule has 1 atom stereocenters. The summed E-state index contributed by atoms with van der Waals surface area (Å²) < 4.78 is 4.73. The molecular weight excluding hydrogens is 331 g/mol. The van der Waals surface area contributed by atoms with Gasteiger partial charge in [-0.25, -0.2) is 0 Å². The van der Waals surface area contributed by atoms with E-state index in [1.807, 2.05) is 0 Å². The minimum Gasteiger partial charge on any atom is -0.502 e. The summed E-state index contributed by atoms with van der Waals surface area (Å²) in [4.78, 5) is 21.1. The van der Waals surface area contributed by atoms with Crippen molar-refractivity contribution in [2.45, 2.75) is 6.04 Å². The molecule has 0 saturated heterocycles. The molecule has 0 spiro atoms. The molecule has 0 bridgehead atoms. The third-order valence-corrected chi connectivity index (χ3v) is 2.53. The molecule has 0 radical (unpaired) electrons. The lowest BCUT2D eigenvalue weighted by molar-refractivity contribution is -0.386. The molecule has 0 saturated carbocycles. The van der Waals surface area contributed by atoms with Gasteiger partial charge in [-0.3, -0.25) is 14.9 Å². The van der Waals surface area contributed by atoms with E-state index in [2.05, 4.69) is 20.7 Å². The van der Waals surface area contributed by atoms with Crippen molar-refractivity contribution in [2.24, 2.45) is 5.73 Å². The number of methoxy groups -OCH3 is 1. The third kappa shape index (κ3) is 3.31. The number of nitrogens with two attached hydrogens (primary N) is 1. The van der Waals surface area contributed by atoms with Gasteiger partial charge in [-0.2, -0.15) is 0 Å². The predicted molar refractivity (Wildman–Crippen MR) is 68.7 cm³/mol. The van der Waals surface area contributed by atoms with E-state index in [0.717, 1.165) is 13.2 Å². The Morgan fingerprint density at radius 1 is 1.61 bits per heavy atom. The Kier molecular flexibility index (Phi) is 6.02. The number of ether oxygens (including phenoxy) is 1. The number of esters is 1. The number of nitrogens with zero attached hydrogens (tertiary/aromatic N) is 1. The van der Waals surface area contributed by atoms with Crippen LogP contribution in [0.2, 0.25) is 0 Å². The first-order valence-corrected chi connectivity index (χ1v) is 5.18. The van der Waals surface area contributed by atoms with Crippen LogP contribution in [0, 0.1) is 10.1 Å². The zero-order chi connectivity index (χ0) is 13.2. The first-order valence-electron chi connectivity index (χ1n) is 4.38. The van der Waals surface area contributed by atoms with E-state index in [1.54, 1.807) is 0 Å². The van der Waals surface area contributed by atoms with E-state index in [4.69, 9.17) is 5.73 Å². The van der Waals surface area contributed by atoms with Crippen molar-refractivity contribution < 1.29 is 19.6 Å². The zero-order valence-corrected chi connectivity index (χ0v) is 11.5. The van der Waals surface area contributed by atoms with E-state index in [-0.39, 0.29) is 18.0 Å². The van der Waals surface area contributed by atoms with Gasteiger partial charge in [0.25, 0.3) is 0 Å². The van der Waals surface area contributed by atoms with E-state index in [9.17, 15) is 20.0 Å². The maximum absolute atomic E-state index is 11.2. The molecule has 3 N–H and O–H groups in total. The van der Waals surface area contributed by atoms with Crippen LogP contribution in [0.3, 0.4) is 0 Å². The maximum atomic E-state index is 11.2. The fourth-order valence-corrected chi connectivity index (χ4v) is 1.70. The summed E-state index contributed by atoms with van der Waals surface area (Å²) in [6, 6.07) is 1.16. The van der Waals surface area contributed by atoms with Crippen molar-refractivity contribution in [1.29, 1.82) is 0 Å². The quantitative estimate of drug-likeness (QED) is 0.491. The van der Waals surface area contributed by atoms with Crippen LogP contribution >= 0.6 is 28.3 Å². The monoisotopic (exact) mass is 340 g/mol. The zero-order valence-electron chi connectivity index (χ0n) is 9.12. The summed E-state index contributed by atoms with van der Waals surface area (Å²) in [6.07, 6.45) is 0. The van der Waals surface area contributed by atoms with Crippen LogP contribution in [0.25, 0.3) is 0 Å². The number of carbonyl (C=O) groups is 1. The molecule has 0 aliphatic rings. The molecule has 0 amide bonds. The van der Waals surface area contributed by atoms with Crippen molar-refractivity contribution >= 4 is 40.0 Å². The number of nitro groups is 1. The smallest absolute Gasteiger partial charge is 0.327 e. The van der Waals surface area contributed by atoms with Crippen LogP contribution in [-0.2, 0) is 9.53 Å². The van der Waals surface area contributed by atoms with Crippen molar-refractivity contribution in [2.75, 3.05) is 7.11 Å². The lowest BCUT2D eigenvalue weighted by atomic mass is 10.1. The molecule has 100 valence electrons. The van der Waals surface area contributed by atoms with Gasteiger partial charge < -0.3 is 15.6 Å². The van der Waals surface area contributed by atoms with Crippen LogP contribution in [0.4, 0.5) is 5.69 Å². The van der Waals surface area contributed by atoms with Crippen LogP contribution in [0.1, 0.15) is 11.6 Å². The molecule has 1 rings (SSSR count). The van der Waals surface area contributed by atoms with Gasteiger partial charge in [0.1, 0.15) is 6.04 Å². The summed E-state index contributed by atoms with van der Waals surface area (Å²) in [5, 5.41) is 20.3. The Bertz CT molecular complexity index is 482.